The summed E-state index contributed by atoms with van der Waals surface area (Å²) in [4.78, 5) is 8.84. The first-order valence-electron chi connectivity index (χ1n) is 7.40. The van der Waals surface area contributed by atoms with Crippen LogP contribution in [0.1, 0.15) is 10.0 Å². The molecule has 2 heterocycles. The summed E-state index contributed by atoms with van der Waals surface area (Å²) in [6.07, 6.45) is 0. The second-order valence-electron chi connectivity index (χ2n) is 5.38. The predicted octanol–water partition coefficient (Wildman–Crippen LogP) is 3.63. The first-order valence-corrected chi connectivity index (χ1v) is 10.4. The molecule has 4 rings (SSSR count). The number of ether oxygens (including phenoxy) is 1. The van der Waals surface area contributed by atoms with Gasteiger partial charge in [-0.05, 0) is 37.3 Å². The van der Waals surface area contributed by atoms with Gasteiger partial charge in [-0.2, -0.15) is 0 Å². The number of fused-ring (bicyclic) bond motifs is 2. The van der Waals surface area contributed by atoms with Gasteiger partial charge in [-0.15, -0.1) is 22.7 Å². The molecule has 0 fully saturated rings. The third-order valence-corrected chi connectivity index (χ3v) is 5.75. The average Bonchev–Trinajstić information content (AvgIpc) is 3.12. The lowest BCUT2D eigenvalue weighted by Crippen LogP contribution is -2.06. The van der Waals surface area contributed by atoms with Crippen molar-refractivity contribution in [3.05, 3.63) is 46.4 Å². The van der Waals surface area contributed by atoms with Crippen LogP contribution in [0.3, 0.4) is 0 Å². The molecular weight excluding hydrogens is 396 g/mol. The molecule has 2 aromatic heterocycles. The Hall–Kier alpha value is -2.27. The SMILES string of the molecule is Cc1nc2ccc(OCc3nc4ccc(OS(=O)(=O)[O-])cc4s3)cc2s1. The van der Waals surface area contributed by atoms with E-state index in [2.05, 4.69) is 14.2 Å². The van der Waals surface area contributed by atoms with Crippen molar-refractivity contribution in [3.63, 3.8) is 0 Å². The van der Waals surface area contributed by atoms with Gasteiger partial charge >= 0.3 is 0 Å². The molecular formula is C16H11N2O5S3-. The summed E-state index contributed by atoms with van der Waals surface area (Å²) in [5.74, 6) is 0.691. The largest absolute Gasteiger partial charge is 0.716 e. The van der Waals surface area contributed by atoms with E-state index in [9.17, 15) is 13.0 Å². The van der Waals surface area contributed by atoms with Crippen molar-refractivity contribution < 1.29 is 21.9 Å². The van der Waals surface area contributed by atoms with Crippen LogP contribution in [0, 0.1) is 6.92 Å². The minimum Gasteiger partial charge on any atom is -0.716 e. The first-order chi connectivity index (χ1) is 12.4. The fourth-order valence-corrected chi connectivity index (χ4v) is 4.54. The fraction of sp³-hybridized carbons (Fsp3) is 0.125. The zero-order chi connectivity index (χ0) is 18.3. The van der Waals surface area contributed by atoms with Gasteiger partial charge in [0.25, 0.3) is 10.4 Å². The summed E-state index contributed by atoms with van der Waals surface area (Å²) in [6, 6.07) is 10.2. The Kier molecular flexibility index (Phi) is 4.27. The topological polar surface area (TPSA) is 101 Å². The van der Waals surface area contributed by atoms with Crippen molar-refractivity contribution >= 4 is 53.5 Å². The number of hydrogen-bond donors (Lipinski definition) is 0. The van der Waals surface area contributed by atoms with Crippen LogP contribution < -0.4 is 8.92 Å². The second kappa shape index (κ2) is 6.47. The lowest BCUT2D eigenvalue weighted by molar-refractivity contribution is 0.306. The number of rotatable bonds is 5. The number of nitrogens with zero attached hydrogens (tertiary/aromatic N) is 2. The Balaban J connectivity index is 1.52. The van der Waals surface area contributed by atoms with Crippen molar-refractivity contribution in [2.24, 2.45) is 0 Å². The molecule has 2 aromatic carbocycles. The van der Waals surface area contributed by atoms with Gasteiger partial charge < -0.3 is 13.5 Å². The highest BCUT2D eigenvalue weighted by atomic mass is 32.3. The van der Waals surface area contributed by atoms with Gasteiger partial charge in [-0.3, -0.25) is 0 Å². The van der Waals surface area contributed by atoms with Crippen LogP contribution in [0.15, 0.2) is 36.4 Å². The highest BCUT2D eigenvalue weighted by Gasteiger charge is 2.09. The highest BCUT2D eigenvalue weighted by Crippen LogP contribution is 2.29. The van der Waals surface area contributed by atoms with E-state index in [-0.39, 0.29) is 12.4 Å². The quantitative estimate of drug-likeness (QED) is 0.368. The summed E-state index contributed by atoms with van der Waals surface area (Å²) in [7, 11) is -4.80. The number of thiazole rings is 2. The van der Waals surface area contributed by atoms with Crippen molar-refractivity contribution in [3.8, 4) is 11.5 Å². The normalized spacial score (nSPS) is 11.9. The summed E-state index contributed by atoms with van der Waals surface area (Å²) in [5.41, 5.74) is 1.62. The molecule has 0 aliphatic heterocycles. The zero-order valence-electron chi connectivity index (χ0n) is 13.3. The summed E-state index contributed by atoms with van der Waals surface area (Å²) in [5, 5.41) is 1.73. The van der Waals surface area contributed by atoms with Crippen molar-refractivity contribution in [2.75, 3.05) is 0 Å². The van der Waals surface area contributed by atoms with E-state index in [1.165, 1.54) is 23.5 Å². The smallest absolute Gasteiger partial charge is 0.262 e. The van der Waals surface area contributed by atoms with Crippen LogP contribution in [0.2, 0.25) is 0 Å². The number of benzene rings is 2. The van der Waals surface area contributed by atoms with E-state index in [4.69, 9.17) is 4.74 Å². The van der Waals surface area contributed by atoms with Gasteiger partial charge in [-0.25, -0.2) is 18.4 Å². The standard InChI is InChI=1S/C16H12N2O5S3/c1-9-17-12-4-2-10(6-14(12)24-9)22-8-16-18-13-5-3-11(7-15(13)25-16)23-26(19,20)21/h2-7H,8H2,1H3,(H,19,20,21)/p-1. The summed E-state index contributed by atoms with van der Waals surface area (Å²) in [6.45, 7) is 2.24. The molecule has 0 atom stereocenters. The number of hydrogen-bond acceptors (Lipinski definition) is 9. The Morgan fingerprint density at radius 2 is 1.65 bits per heavy atom. The maximum absolute atomic E-state index is 10.7. The molecule has 0 amide bonds. The third-order valence-electron chi connectivity index (χ3n) is 3.43. The average molecular weight is 407 g/mol. The molecule has 134 valence electrons. The molecule has 0 aliphatic carbocycles. The van der Waals surface area contributed by atoms with E-state index in [0.29, 0.717) is 10.2 Å². The van der Waals surface area contributed by atoms with Gasteiger partial charge in [-0.1, -0.05) is 0 Å². The van der Waals surface area contributed by atoms with Gasteiger partial charge in [0.15, 0.2) is 0 Å². The van der Waals surface area contributed by atoms with E-state index in [0.717, 1.165) is 26.0 Å². The molecule has 0 saturated carbocycles. The maximum atomic E-state index is 10.7. The highest BCUT2D eigenvalue weighted by molar-refractivity contribution is 7.81. The minimum atomic E-state index is -4.80. The molecule has 26 heavy (non-hydrogen) atoms. The van der Waals surface area contributed by atoms with Crippen LogP contribution >= 0.6 is 22.7 Å². The molecule has 7 nitrogen and oxygen atoms in total. The molecule has 0 aliphatic rings. The van der Waals surface area contributed by atoms with Crippen LogP contribution in [0.4, 0.5) is 0 Å². The van der Waals surface area contributed by atoms with E-state index in [1.54, 1.807) is 17.4 Å². The van der Waals surface area contributed by atoms with E-state index < -0.39 is 10.4 Å². The van der Waals surface area contributed by atoms with E-state index in [1.807, 2.05) is 25.1 Å². The van der Waals surface area contributed by atoms with Crippen LogP contribution in [-0.2, 0) is 17.0 Å². The Bertz CT molecular complexity index is 1210. The molecule has 0 unspecified atom stereocenters. The first kappa shape index (κ1) is 17.2. The Labute approximate surface area is 156 Å². The predicted molar refractivity (Wildman–Crippen MR) is 98.6 cm³/mol. The molecule has 10 heteroatoms. The van der Waals surface area contributed by atoms with Crippen LogP contribution in [0.25, 0.3) is 20.4 Å². The lowest BCUT2D eigenvalue weighted by atomic mass is 10.3. The zero-order valence-corrected chi connectivity index (χ0v) is 15.8. The minimum absolute atomic E-state index is 0.0327. The number of aryl methyl sites for hydroxylation is 1. The summed E-state index contributed by atoms with van der Waals surface area (Å²) >= 11 is 2.95. The van der Waals surface area contributed by atoms with Crippen LogP contribution in [0.5, 0.6) is 11.5 Å². The molecule has 0 saturated heterocycles. The van der Waals surface area contributed by atoms with Gasteiger partial charge in [0, 0.05) is 6.07 Å². The van der Waals surface area contributed by atoms with Crippen molar-refractivity contribution in [1.29, 1.82) is 0 Å². The van der Waals surface area contributed by atoms with Gasteiger partial charge in [0.05, 0.1) is 25.4 Å². The molecule has 0 radical (unpaired) electrons. The number of aromatic nitrogens is 2. The third kappa shape index (κ3) is 3.78. The molecule has 4 aromatic rings. The van der Waals surface area contributed by atoms with Crippen LogP contribution in [-0.4, -0.2) is 22.9 Å². The monoisotopic (exact) mass is 407 g/mol. The van der Waals surface area contributed by atoms with E-state index >= 15 is 0 Å². The molecule has 0 N–H and O–H groups in total. The van der Waals surface area contributed by atoms with Crippen molar-refractivity contribution in [1.82, 2.24) is 9.97 Å². The van der Waals surface area contributed by atoms with Crippen molar-refractivity contribution in [2.45, 2.75) is 13.5 Å². The maximum Gasteiger partial charge on any atom is 0.262 e. The Morgan fingerprint density at radius 3 is 2.42 bits per heavy atom. The van der Waals surface area contributed by atoms with Gasteiger partial charge in [0.1, 0.15) is 23.1 Å². The van der Waals surface area contributed by atoms with Gasteiger partial charge in [0.2, 0.25) is 0 Å². The summed E-state index contributed by atoms with van der Waals surface area (Å²) < 4.78 is 44.0. The Morgan fingerprint density at radius 1 is 1.00 bits per heavy atom. The lowest BCUT2D eigenvalue weighted by Gasteiger charge is -2.08. The molecule has 0 bridgehead atoms. The second-order valence-corrected chi connectivity index (χ2v) is 8.71. The molecule has 0 spiro atoms. The fourth-order valence-electron chi connectivity index (χ4n) is 2.44.